The molecule has 2 N–H and O–H groups in total. The molecule has 29 heavy (non-hydrogen) atoms. The van der Waals surface area contributed by atoms with Gasteiger partial charge >= 0.3 is 11.8 Å². The van der Waals surface area contributed by atoms with E-state index in [0.29, 0.717) is 25.4 Å². The second kappa shape index (κ2) is 9.84. The first-order valence-corrected chi connectivity index (χ1v) is 10.3. The number of benzene rings is 1. The normalized spacial score (nSPS) is 15.8. The van der Waals surface area contributed by atoms with Crippen molar-refractivity contribution in [3.63, 3.8) is 0 Å². The van der Waals surface area contributed by atoms with E-state index in [1.165, 1.54) is 0 Å². The number of hydrogen-bond acceptors (Lipinski definition) is 5. The molecule has 0 aromatic heterocycles. The number of ether oxygens (including phenoxy) is 2. The fraction of sp³-hybridized carbons (Fsp3) is 0.571. The summed E-state index contributed by atoms with van der Waals surface area (Å²) in [7, 11) is 0. The molecule has 3 rings (SSSR count). The molecule has 8 heteroatoms. The average molecular weight is 403 g/mol. The minimum absolute atomic E-state index is 0.0851. The molecule has 0 atom stereocenters. The Morgan fingerprint density at radius 2 is 1.86 bits per heavy atom. The summed E-state index contributed by atoms with van der Waals surface area (Å²) in [5, 5.41) is 5.13. The molecule has 1 aromatic rings. The third-order valence-electron chi connectivity index (χ3n) is 5.00. The van der Waals surface area contributed by atoms with Gasteiger partial charge in [0.15, 0.2) is 6.29 Å². The quantitative estimate of drug-likeness (QED) is 0.510. The maximum Gasteiger partial charge on any atom is 0.313 e. The summed E-state index contributed by atoms with van der Waals surface area (Å²) in [6, 6.07) is 5.46. The molecule has 2 aliphatic rings. The Labute approximate surface area is 170 Å². The van der Waals surface area contributed by atoms with Crippen LogP contribution < -0.4 is 15.5 Å². The molecular weight excluding hydrogens is 374 g/mol. The molecule has 1 heterocycles. The van der Waals surface area contributed by atoms with Gasteiger partial charge in [0.25, 0.3) is 0 Å². The van der Waals surface area contributed by atoms with E-state index >= 15 is 0 Å². The van der Waals surface area contributed by atoms with Crippen LogP contribution in [0, 0.1) is 5.92 Å². The zero-order valence-electron chi connectivity index (χ0n) is 17.0. The number of aryl methyl sites for hydroxylation is 1. The molecule has 1 saturated carbocycles. The number of nitrogens with one attached hydrogen (secondary N) is 2. The van der Waals surface area contributed by atoms with Crippen LogP contribution in [0.4, 0.5) is 11.4 Å². The Bertz CT molecular complexity index is 757. The van der Waals surface area contributed by atoms with E-state index in [4.69, 9.17) is 9.47 Å². The van der Waals surface area contributed by atoms with Crippen molar-refractivity contribution < 1.29 is 23.9 Å². The SMILES string of the molecule is CCOC(CNC(=O)C(=O)Nc1ccc2c(c1)N(C(=O)C1CC1)CCC2)OCC. The number of rotatable bonds is 8. The highest BCUT2D eigenvalue weighted by Crippen LogP contribution is 2.36. The third-order valence-corrected chi connectivity index (χ3v) is 5.00. The highest BCUT2D eigenvalue weighted by Gasteiger charge is 2.35. The zero-order chi connectivity index (χ0) is 20.8. The van der Waals surface area contributed by atoms with E-state index in [1.54, 1.807) is 12.1 Å². The van der Waals surface area contributed by atoms with Crippen LogP contribution in [-0.2, 0) is 30.3 Å². The Balaban J connectivity index is 1.61. The molecule has 0 radical (unpaired) electrons. The van der Waals surface area contributed by atoms with Gasteiger partial charge in [-0.15, -0.1) is 0 Å². The van der Waals surface area contributed by atoms with Crippen LogP contribution in [0.1, 0.15) is 38.7 Å². The standard InChI is InChI=1S/C21H29N3O5/c1-3-28-18(29-4-2)13-22-19(25)20(26)23-16-10-9-14-6-5-11-24(17(14)12-16)21(27)15-7-8-15/h9-10,12,15,18H,3-8,11,13H2,1-2H3,(H,22,25)(H,23,26). The largest absolute Gasteiger partial charge is 0.351 e. The van der Waals surface area contributed by atoms with Crippen molar-refractivity contribution in [2.24, 2.45) is 5.92 Å². The first kappa shape index (κ1) is 21.3. The zero-order valence-corrected chi connectivity index (χ0v) is 17.0. The van der Waals surface area contributed by atoms with Gasteiger partial charge < -0.3 is 25.0 Å². The van der Waals surface area contributed by atoms with E-state index < -0.39 is 18.1 Å². The van der Waals surface area contributed by atoms with E-state index in [1.807, 2.05) is 24.8 Å². The monoisotopic (exact) mass is 403 g/mol. The van der Waals surface area contributed by atoms with Crippen molar-refractivity contribution in [1.82, 2.24) is 5.32 Å². The molecule has 158 valence electrons. The lowest BCUT2D eigenvalue weighted by Gasteiger charge is -2.30. The van der Waals surface area contributed by atoms with Gasteiger partial charge in [-0.2, -0.15) is 0 Å². The van der Waals surface area contributed by atoms with E-state index in [9.17, 15) is 14.4 Å². The first-order valence-electron chi connectivity index (χ1n) is 10.3. The maximum atomic E-state index is 12.6. The van der Waals surface area contributed by atoms with Gasteiger partial charge in [-0.1, -0.05) is 6.07 Å². The minimum Gasteiger partial charge on any atom is -0.351 e. The highest BCUT2D eigenvalue weighted by atomic mass is 16.7. The fourth-order valence-corrected chi connectivity index (χ4v) is 3.41. The summed E-state index contributed by atoms with van der Waals surface area (Å²) >= 11 is 0. The molecule has 1 fully saturated rings. The van der Waals surface area contributed by atoms with Crippen molar-refractivity contribution in [2.75, 3.05) is 36.5 Å². The molecular formula is C21H29N3O5. The molecule has 0 saturated heterocycles. The van der Waals surface area contributed by atoms with Crippen molar-refractivity contribution in [1.29, 1.82) is 0 Å². The van der Waals surface area contributed by atoms with E-state index in [-0.39, 0.29) is 18.4 Å². The van der Waals surface area contributed by atoms with Gasteiger partial charge in [-0.05, 0) is 57.2 Å². The van der Waals surface area contributed by atoms with Gasteiger partial charge in [0.2, 0.25) is 5.91 Å². The van der Waals surface area contributed by atoms with E-state index in [0.717, 1.165) is 36.9 Å². The number of fused-ring (bicyclic) bond motifs is 1. The first-order chi connectivity index (χ1) is 14.0. The predicted molar refractivity (Wildman–Crippen MR) is 109 cm³/mol. The number of hydrogen-bond donors (Lipinski definition) is 2. The topological polar surface area (TPSA) is 97.0 Å². The van der Waals surface area contributed by atoms with Crippen LogP contribution in [0.3, 0.4) is 0 Å². The number of nitrogens with zero attached hydrogens (tertiary/aromatic N) is 1. The maximum absolute atomic E-state index is 12.6. The van der Waals surface area contributed by atoms with Crippen LogP contribution in [0.25, 0.3) is 0 Å². The molecule has 0 unspecified atom stereocenters. The summed E-state index contributed by atoms with van der Waals surface area (Å²) in [6.07, 6.45) is 3.14. The Hall–Kier alpha value is -2.45. The molecule has 3 amide bonds. The Kier molecular flexibility index (Phi) is 7.22. The Morgan fingerprint density at radius 3 is 2.52 bits per heavy atom. The van der Waals surface area contributed by atoms with Gasteiger partial charge in [-0.25, -0.2) is 0 Å². The molecule has 1 aromatic carbocycles. The molecule has 8 nitrogen and oxygen atoms in total. The van der Waals surface area contributed by atoms with E-state index in [2.05, 4.69) is 10.6 Å². The predicted octanol–water partition coefficient (Wildman–Crippen LogP) is 1.83. The summed E-state index contributed by atoms with van der Waals surface area (Å²) in [5.41, 5.74) is 2.41. The number of carbonyl (C=O) groups is 3. The number of anilines is 2. The summed E-state index contributed by atoms with van der Waals surface area (Å²) in [6.45, 7) is 5.32. The smallest absolute Gasteiger partial charge is 0.313 e. The highest BCUT2D eigenvalue weighted by molar-refractivity contribution is 6.39. The number of carbonyl (C=O) groups excluding carboxylic acids is 3. The molecule has 0 spiro atoms. The molecule has 0 bridgehead atoms. The van der Waals surface area contributed by atoms with Crippen molar-refractivity contribution >= 4 is 29.1 Å². The third kappa shape index (κ3) is 5.55. The minimum atomic E-state index is -0.771. The second-order valence-corrected chi connectivity index (χ2v) is 7.22. The van der Waals surface area contributed by atoms with Gasteiger partial charge in [0.1, 0.15) is 0 Å². The summed E-state index contributed by atoms with van der Waals surface area (Å²) < 4.78 is 10.7. The molecule has 1 aliphatic heterocycles. The second-order valence-electron chi connectivity index (χ2n) is 7.22. The summed E-state index contributed by atoms with van der Waals surface area (Å²) in [5.74, 6) is -1.25. The van der Waals surface area contributed by atoms with Crippen molar-refractivity contribution in [3.05, 3.63) is 23.8 Å². The van der Waals surface area contributed by atoms with Crippen molar-refractivity contribution in [3.8, 4) is 0 Å². The Morgan fingerprint density at radius 1 is 1.14 bits per heavy atom. The van der Waals surface area contributed by atoms with Crippen LogP contribution in [0.15, 0.2) is 18.2 Å². The van der Waals surface area contributed by atoms with Crippen LogP contribution in [-0.4, -0.2) is 50.3 Å². The fourth-order valence-electron chi connectivity index (χ4n) is 3.41. The van der Waals surface area contributed by atoms with Crippen LogP contribution >= 0.6 is 0 Å². The lowest BCUT2D eigenvalue weighted by Crippen LogP contribution is -2.41. The molecule has 1 aliphatic carbocycles. The lowest BCUT2D eigenvalue weighted by molar-refractivity contribution is -0.145. The average Bonchev–Trinajstić information content (AvgIpc) is 3.56. The van der Waals surface area contributed by atoms with Crippen molar-refractivity contribution in [2.45, 2.75) is 45.8 Å². The van der Waals surface area contributed by atoms with Gasteiger partial charge in [-0.3, -0.25) is 14.4 Å². The number of amides is 3. The summed E-state index contributed by atoms with van der Waals surface area (Å²) in [4.78, 5) is 38.8. The van der Waals surface area contributed by atoms with Crippen LogP contribution in [0.2, 0.25) is 0 Å². The van der Waals surface area contributed by atoms with Gasteiger partial charge in [0.05, 0.1) is 6.54 Å². The lowest BCUT2D eigenvalue weighted by atomic mass is 10.0. The van der Waals surface area contributed by atoms with Crippen LogP contribution in [0.5, 0.6) is 0 Å². The van der Waals surface area contributed by atoms with Gasteiger partial charge in [0, 0.05) is 37.1 Å².